The van der Waals surface area contributed by atoms with Gasteiger partial charge in [-0.15, -0.1) is 0 Å². The summed E-state index contributed by atoms with van der Waals surface area (Å²) in [5, 5.41) is 3.18. The zero-order valence-corrected chi connectivity index (χ0v) is 15.1. The monoisotopic (exact) mass is 353 g/mol. The van der Waals surface area contributed by atoms with Crippen LogP contribution in [0.15, 0.2) is 30.3 Å². The molecule has 0 unspecified atom stereocenters. The van der Waals surface area contributed by atoms with Gasteiger partial charge in [-0.05, 0) is 43.2 Å². The van der Waals surface area contributed by atoms with E-state index in [-0.39, 0.29) is 12.7 Å². The van der Waals surface area contributed by atoms with E-state index in [1.165, 1.54) is 0 Å². The number of ether oxygens (including phenoxy) is 2. The fourth-order valence-corrected chi connectivity index (χ4v) is 3.61. The Morgan fingerprint density at radius 3 is 2.96 bits per heavy atom. The summed E-state index contributed by atoms with van der Waals surface area (Å²) in [7, 11) is 1.91. The summed E-state index contributed by atoms with van der Waals surface area (Å²) in [6.07, 6.45) is 1.33. The molecule has 1 aromatic heterocycles. The van der Waals surface area contributed by atoms with E-state index in [9.17, 15) is 4.79 Å². The average Bonchev–Trinajstić information content (AvgIpc) is 3.30. The number of nitrogens with zero attached hydrogens (tertiary/aromatic N) is 2. The van der Waals surface area contributed by atoms with Gasteiger partial charge in [0.15, 0.2) is 11.5 Å². The lowest BCUT2D eigenvalue weighted by Crippen LogP contribution is -2.30. The van der Waals surface area contributed by atoms with Crippen molar-refractivity contribution in [3.8, 4) is 11.5 Å². The van der Waals surface area contributed by atoms with Crippen LogP contribution < -0.4 is 14.8 Å². The maximum absolute atomic E-state index is 12.7. The zero-order chi connectivity index (χ0) is 18.1. The Kier molecular flexibility index (Phi) is 4.41. The molecule has 26 heavy (non-hydrogen) atoms. The molecule has 2 aromatic rings. The number of nitrogens with one attached hydrogen (secondary N) is 1. The molecule has 4 rings (SSSR count). The van der Waals surface area contributed by atoms with Crippen LogP contribution in [-0.2, 0) is 11.2 Å². The Labute approximate surface area is 153 Å². The SMILES string of the molecule is CNc1cc(C)nc([C@@H]2CCN(C(=O)Cc3ccc4c(c3)OCO4)C2)c1. The van der Waals surface area contributed by atoms with E-state index < -0.39 is 0 Å². The van der Waals surface area contributed by atoms with Crippen LogP contribution in [0.4, 0.5) is 5.69 Å². The fourth-order valence-electron chi connectivity index (χ4n) is 3.61. The minimum Gasteiger partial charge on any atom is -0.454 e. The van der Waals surface area contributed by atoms with E-state index in [0.29, 0.717) is 12.3 Å². The van der Waals surface area contributed by atoms with Crippen molar-refractivity contribution in [2.24, 2.45) is 0 Å². The van der Waals surface area contributed by atoms with Gasteiger partial charge in [0.25, 0.3) is 0 Å². The number of carbonyl (C=O) groups is 1. The fraction of sp³-hybridized carbons (Fsp3) is 0.400. The number of aryl methyl sites for hydroxylation is 1. The van der Waals surface area contributed by atoms with Crippen molar-refractivity contribution in [1.82, 2.24) is 9.88 Å². The molecule has 1 amide bonds. The van der Waals surface area contributed by atoms with Crippen LogP contribution in [0.2, 0.25) is 0 Å². The quantitative estimate of drug-likeness (QED) is 0.916. The maximum atomic E-state index is 12.7. The predicted octanol–water partition coefficient (Wildman–Crippen LogP) is 2.72. The summed E-state index contributed by atoms with van der Waals surface area (Å²) in [6, 6.07) is 9.81. The van der Waals surface area contributed by atoms with Gasteiger partial charge < -0.3 is 19.7 Å². The lowest BCUT2D eigenvalue weighted by atomic mass is 10.0. The van der Waals surface area contributed by atoms with E-state index >= 15 is 0 Å². The molecule has 3 heterocycles. The second-order valence-electron chi connectivity index (χ2n) is 6.86. The number of hydrogen-bond donors (Lipinski definition) is 1. The first-order valence-corrected chi connectivity index (χ1v) is 8.95. The Morgan fingerprint density at radius 2 is 2.12 bits per heavy atom. The van der Waals surface area contributed by atoms with E-state index in [1.807, 2.05) is 43.1 Å². The highest BCUT2D eigenvalue weighted by Crippen LogP contribution is 2.33. The van der Waals surface area contributed by atoms with Crippen LogP contribution in [0.1, 0.15) is 29.3 Å². The van der Waals surface area contributed by atoms with E-state index in [0.717, 1.165) is 53.6 Å². The standard InChI is InChI=1S/C20H23N3O3/c1-13-7-16(21-2)10-17(22-13)15-5-6-23(11-15)20(24)9-14-3-4-18-19(8-14)26-12-25-18/h3-4,7-8,10,15H,5-6,9,11-12H2,1-2H3,(H,21,22)/t15-/m1/s1. The molecule has 2 aliphatic heterocycles. The largest absolute Gasteiger partial charge is 0.454 e. The number of pyridine rings is 1. The second-order valence-corrected chi connectivity index (χ2v) is 6.86. The Morgan fingerprint density at radius 1 is 1.27 bits per heavy atom. The van der Waals surface area contributed by atoms with Gasteiger partial charge in [-0.25, -0.2) is 0 Å². The molecule has 0 radical (unpaired) electrons. The molecule has 0 aliphatic carbocycles. The Hall–Kier alpha value is -2.76. The predicted molar refractivity (Wildman–Crippen MR) is 98.7 cm³/mol. The van der Waals surface area contributed by atoms with Gasteiger partial charge >= 0.3 is 0 Å². The first-order chi connectivity index (χ1) is 12.6. The molecule has 1 aromatic carbocycles. The van der Waals surface area contributed by atoms with Crippen molar-refractivity contribution >= 4 is 11.6 Å². The molecular weight excluding hydrogens is 330 g/mol. The number of hydrogen-bond acceptors (Lipinski definition) is 5. The molecule has 136 valence electrons. The molecule has 1 N–H and O–H groups in total. The van der Waals surface area contributed by atoms with Gasteiger partial charge in [-0.1, -0.05) is 6.07 Å². The van der Waals surface area contributed by atoms with Crippen molar-refractivity contribution in [1.29, 1.82) is 0 Å². The average molecular weight is 353 g/mol. The van der Waals surface area contributed by atoms with Gasteiger partial charge in [0.2, 0.25) is 12.7 Å². The van der Waals surface area contributed by atoms with E-state index in [1.54, 1.807) is 0 Å². The number of fused-ring (bicyclic) bond motifs is 1. The van der Waals surface area contributed by atoms with Gasteiger partial charge in [-0.2, -0.15) is 0 Å². The zero-order valence-electron chi connectivity index (χ0n) is 15.1. The van der Waals surface area contributed by atoms with Crippen molar-refractivity contribution in [3.63, 3.8) is 0 Å². The van der Waals surface area contributed by atoms with Crippen molar-refractivity contribution < 1.29 is 14.3 Å². The molecule has 6 nitrogen and oxygen atoms in total. The lowest BCUT2D eigenvalue weighted by molar-refractivity contribution is -0.129. The molecule has 1 fully saturated rings. The second kappa shape index (κ2) is 6.86. The molecule has 0 spiro atoms. The van der Waals surface area contributed by atoms with E-state index in [2.05, 4.69) is 16.4 Å². The smallest absolute Gasteiger partial charge is 0.231 e. The van der Waals surface area contributed by atoms with Gasteiger partial charge in [0.1, 0.15) is 0 Å². The number of amides is 1. The highest BCUT2D eigenvalue weighted by Gasteiger charge is 2.28. The topological polar surface area (TPSA) is 63.7 Å². The lowest BCUT2D eigenvalue weighted by Gasteiger charge is -2.17. The van der Waals surface area contributed by atoms with Crippen LogP contribution in [0.3, 0.4) is 0 Å². The van der Waals surface area contributed by atoms with Crippen LogP contribution >= 0.6 is 0 Å². The third-order valence-electron chi connectivity index (χ3n) is 5.01. The Bertz CT molecular complexity index is 837. The molecule has 0 bridgehead atoms. The van der Waals surface area contributed by atoms with Crippen molar-refractivity contribution in [2.75, 3.05) is 32.2 Å². The minimum atomic E-state index is 0.146. The first-order valence-electron chi connectivity index (χ1n) is 8.95. The third kappa shape index (κ3) is 3.31. The number of rotatable bonds is 4. The van der Waals surface area contributed by atoms with Gasteiger partial charge in [-0.3, -0.25) is 9.78 Å². The summed E-state index contributed by atoms with van der Waals surface area (Å²) >= 11 is 0. The number of likely N-dealkylation sites (tertiary alicyclic amines) is 1. The normalized spacial score (nSPS) is 18.2. The molecule has 6 heteroatoms. The van der Waals surface area contributed by atoms with Crippen LogP contribution in [0.25, 0.3) is 0 Å². The third-order valence-corrected chi connectivity index (χ3v) is 5.01. The highest BCUT2D eigenvalue weighted by atomic mass is 16.7. The van der Waals surface area contributed by atoms with Crippen molar-refractivity contribution in [2.45, 2.75) is 25.7 Å². The van der Waals surface area contributed by atoms with Crippen molar-refractivity contribution in [3.05, 3.63) is 47.3 Å². The first kappa shape index (κ1) is 16.7. The van der Waals surface area contributed by atoms with Gasteiger partial charge in [0.05, 0.1) is 6.42 Å². The molecule has 2 aliphatic rings. The minimum absolute atomic E-state index is 0.146. The number of carbonyl (C=O) groups excluding carboxylic acids is 1. The molecule has 1 atom stereocenters. The number of anilines is 1. The maximum Gasteiger partial charge on any atom is 0.231 e. The van der Waals surface area contributed by atoms with E-state index in [4.69, 9.17) is 9.47 Å². The van der Waals surface area contributed by atoms with Crippen LogP contribution in [0, 0.1) is 6.92 Å². The van der Waals surface area contributed by atoms with Gasteiger partial charge in [0, 0.05) is 43.1 Å². The van der Waals surface area contributed by atoms with Crippen LogP contribution in [-0.4, -0.2) is 42.7 Å². The molecule has 0 saturated carbocycles. The molecular formula is C20H23N3O3. The summed E-state index contributed by atoms with van der Waals surface area (Å²) in [5.74, 6) is 1.90. The molecule has 1 saturated heterocycles. The Balaban J connectivity index is 1.42. The summed E-state index contributed by atoms with van der Waals surface area (Å²) in [6.45, 7) is 3.75. The highest BCUT2D eigenvalue weighted by molar-refractivity contribution is 5.79. The summed E-state index contributed by atoms with van der Waals surface area (Å²) in [5.41, 5.74) is 4.08. The van der Waals surface area contributed by atoms with Crippen LogP contribution in [0.5, 0.6) is 11.5 Å². The number of benzene rings is 1. The number of aromatic nitrogens is 1. The summed E-state index contributed by atoms with van der Waals surface area (Å²) in [4.78, 5) is 19.3. The summed E-state index contributed by atoms with van der Waals surface area (Å²) < 4.78 is 10.7.